The third-order valence-electron chi connectivity index (χ3n) is 5.02. The quantitative estimate of drug-likeness (QED) is 0.534. The zero-order valence-electron chi connectivity index (χ0n) is 17.7. The lowest BCUT2D eigenvalue weighted by molar-refractivity contribution is -0.126. The van der Waals surface area contributed by atoms with E-state index in [1.54, 1.807) is 29.2 Å². The highest BCUT2D eigenvalue weighted by Crippen LogP contribution is 2.21. The Morgan fingerprint density at radius 1 is 1.20 bits per heavy atom. The number of nitrogens with zero attached hydrogens (tertiary/aromatic N) is 3. The number of carbonyl (C=O) groups excluding carboxylic acids is 1. The number of methoxy groups -OCH3 is 1. The molecule has 0 aliphatic rings. The molecule has 0 radical (unpaired) electrons. The van der Waals surface area contributed by atoms with Gasteiger partial charge in [0.2, 0.25) is 5.91 Å². The molecular formula is C24H26FN3O2. The first-order valence-electron chi connectivity index (χ1n) is 9.85. The van der Waals surface area contributed by atoms with Crippen LogP contribution in [0.25, 0.3) is 11.8 Å². The molecule has 0 atom stereocenters. The number of amides is 1. The Bertz CT molecular complexity index is 1060. The van der Waals surface area contributed by atoms with Gasteiger partial charge in [-0.15, -0.1) is 0 Å². The number of rotatable bonds is 7. The summed E-state index contributed by atoms with van der Waals surface area (Å²) in [6.07, 6.45) is 3.35. The summed E-state index contributed by atoms with van der Waals surface area (Å²) in [5.74, 6) is -0.386. The monoisotopic (exact) mass is 407 g/mol. The van der Waals surface area contributed by atoms with Gasteiger partial charge in [-0.25, -0.2) is 9.07 Å². The molecule has 0 saturated carbocycles. The Hall–Kier alpha value is -3.41. The highest BCUT2D eigenvalue weighted by atomic mass is 19.1. The minimum atomic E-state index is -0.436. The van der Waals surface area contributed by atoms with Crippen molar-refractivity contribution in [2.45, 2.75) is 27.3 Å². The summed E-state index contributed by atoms with van der Waals surface area (Å²) in [5, 5.41) is 4.60. The largest absolute Gasteiger partial charge is 0.494 e. The van der Waals surface area contributed by atoms with Gasteiger partial charge >= 0.3 is 0 Å². The van der Waals surface area contributed by atoms with Gasteiger partial charge in [-0.2, -0.15) is 5.10 Å². The normalized spacial score (nSPS) is 11.1. The van der Waals surface area contributed by atoms with Crippen LogP contribution in [0.1, 0.15) is 29.4 Å². The number of hydrogen-bond acceptors (Lipinski definition) is 3. The van der Waals surface area contributed by atoms with Crippen molar-refractivity contribution in [2.75, 3.05) is 13.7 Å². The number of benzene rings is 2. The number of likely N-dealkylation sites (N-methyl/N-ethyl adjacent to an activating group) is 1. The van der Waals surface area contributed by atoms with Crippen molar-refractivity contribution in [3.05, 3.63) is 82.9 Å². The predicted octanol–water partition coefficient (Wildman–Crippen LogP) is 4.70. The number of aryl methyl sites for hydroxylation is 1. The van der Waals surface area contributed by atoms with Gasteiger partial charge in [0.1, 0.15) is 0 Å². The zero-order valence-corrected chi connectivity index (χ0v) is 17.7. The van der Waals surface area contributed by atoms with E-state index in [2.05, 4.69) is 5.10 Å². The Morgan fingerprint density at radius 3 is 2.57 bits per heavy atom. The van der Waals surface area contributed by atoms with Crippen LogP contribution < -0.4 is 4.74 Å². The van der Waals surface area contributed by atoms with E-state index in [1.165, 1.54) is 13.2 Å². The van der Waals surface area contributed by atoms with E-state index in [4.69, 9.17) is 4.74 Å². The molecule has 3 rings (SSSR count). The highest BCUT2D eigenvalue weighted by molar-refractivity contribution is 5.92. The predicted molar refractivity (Wildman–Crippen MR) is 116 cm³/mol. The van der Waals surface area contributed by atoms with E-state index in [9.17, 15) is 9.18 Å². The van der Waals surface area contributed by atoms with E-state index in [0.29, 0.717) is 18.7 Å². The van der Waals surface area contributed by atoms with E-state index < -0.39 is 5.82 Å². The molecule has 0 fully saturated rings. The van der Waals surface area contributed by atoms with Gasteiger partial charge in [-0.3, -0.25) is 4.79 Å². The topological polar surface area (TPSA) is 47.4 Å². The number of para-hydroxylation sites is 1. The van der Waals surface area contributed by atoms with Gasteiger partial charge in [0.15, 0.2) is 11.6 Å². The SMILES string of the molecule is CCN(Cc1ccc(OC)c(F)c1)C(=O)/C=C/c1c(C)nn(-c2ccccc2)c1C. The van der Waals surface area contributed by atoms with Gasteiger partial charge in [0, 0.05) is 30.4 Å². The minimum absolute atomic E-state index is 0.139. The second kappa shape index (κ2) is 9.39. The lowest BCUT2D eigenvalue weighted by Gasteiger charge is -2.19. The summed E-state index contributed by atoms with van der Waals surface area (Å²) in [7, 11) is 1.43. The Morgan fingerprint density at radius 2 is 1.93 bits per heavy atom. The molecule has 0 aliphatic carbocycles. The van der Waals surface area contributed by atoms with Crippen LogP contribution in [-0.4, -0.2) is 34.2 Å². The van der Waals surface area contributed by atoms with E-state index >= 15 is 0 Å². The fourth-order valence-electron chi connectivity index (χ4n) is 3.35. The highest BCUT2D eigenvalue weighted by Gasteiger charge is 2.14. The molecule has 2 aromatic carbocycles. The fraction of sp³-hybridized carbons (Fsp3) is 0.250. The second-order valence-corrected chi connectivity index (χ2v) is 6.99. The van der Waals surface area contributed by atoms with Crippen LogP contribution in [0.3, 0.4) is 0 Å². The van der Waals surface area contributed by atoms with Crippen molar-refractivity contribution < 1.29 is 13.9 Å². The van der Waals surface area contributed by atoms with Gasteiger partial charge in [0.25, 0.3) is 0 Å². The van der Waals surface area contributed by atoms with Crippen molar-refractivity contribution in [1.82, 2.24) is 14.7 Å². The maximum absolute atomic E-state index is 14.0. The molecule has 30 heavy (non-hydrogen) atoms. The number of aromatic nitrogens is 2. The number of halogens is 1. The maximum atomic E-state index is 14.0. The molecule has 0 unspecified atom stereocenters. The van der Waals surface area contributed by atoms with E-state index in [0.717, 1.165) is 22.6 Å². The van der Waals surface area contributed by atoms with Crippen LogP contribution in [0.15, 0.2) is 54.6 Å². The first kappa shape index (κ1) is 21.3. The summed E-state index contributed by atoms with van der Waals surface area (Å²) in [6, 6.07) is 14.6. The van der Waals surface area contributed by atoms with E-state index in [-0.39, 0.29) is 11.7 Å². The summed E-state index contributed by atoms with van der Waals surface area (Å²) in [5.41, 5.74) is 4.41. The first-order chi connectivity index (χ1) is 14.4. The minimum Gasteiger partial charge on any atom is -0.494 e. The summed E-state index contributed by atoms with van der Waals surface area (Å²) in [4.78, 5) is 14.4. The number of hydrogen-bond donors (Lipinski definition) is 0. The maximum Gasteiger partial charge on any atom is 0.246 e. The smallest absolute Gasteiger partial charge is 0.246 e. The van der Waals surface area contributed by atoms with Crippen molar-refractivity contribution >= 4 is 12.0 Å². The molecule has 1 aromatic heterocycles. The Labute approximate surface area is 176 Å². The molecule has 156 valence electrons. The Kier molecular flexibility index (Phi) is 6.67. The molecule has 6 heteroatoms. The van der Waals surface area contributed by atoms with Crippen LogP contribution in [0.5, 0.6) is 5.75 Å². The van der Waals surface area contributed by atoms with Gasteiger partial charge < -0.3 is 9.64 Å². The summed E-state index contributed by atoms with van der Waals surface area (Å²) >= 11 is 0. The molecule has 0 bridgehead atoms. The third kappa shape index (κ3) is 4.59. The van der Waals surface area contributed by atoms with Gasteiger partial charge in [-0.05, 0) is 56.7 Å². The molecule has 1 amide bonds. The third-order valence-corrected chi connectivity index (χ3v) is 5.02. The molecule has 5 nitrogen and oxygen atoms in total. The van der Waals surface area contributed by atoms with Crippen LogP contribution in [-0.2, 0) is 11.3 Å². The van der Waals surface area contributed by atoms with Crippen LogP contribution in [0, 0.1) is 19.7 Å². The van der Waals surface area contributed by atoms with Crippen molar-refractivity contribution in [2.24, 2.45) is 0 Å². The lowest BCUT2D eigenvalue weighted by Crippen LogP contribution is -2.28. The van der Waals surface area contributed by atoms with E-state index in [1.807, 2.05) is 55.8 Å². The van der Waals surface area contributed by atoms with Gasteiger partial charge in [-0.1, -0.05) is 24.3 Å². The van der Waals surface area contributed by atoms with Crippen LogP contribution in [0.2, 0.25) is 0 Å². The molecule has 0 saturated heterocycles. The first-order valence-corrected chi connectivity index (χ1v) is 9.85. The van der Waals surface area contributed by atoms with Crippen molar-refractivity contribution in [3.8, 4) is 11.4 Å². The summed E-state index contributed by atoms with van der Waals surface area (Å²) < 4.78 is 20.8. The average molecular weight is 407 g/mol. The van der Waals surface area contributed by atoms with Crippen molar-refractivity contribution in [3.63, 3.8) is 0 Å². The van der Waals surface area contributed by atoms with Crippen LogP contribution in [0.4, 0.5) is 4.39 Å². The number of ether oxygens (including phenoxy) is 1. The lowest BCUT2D eigenvalue weighted by atomic mass is 10.1. The zero-order chi connectivity index (χ0) is 21.7. The molecular weight excluding hydrogens is 381 g/mol. The summed E-state index contributed by atoms with van der Waals surface area (Å²) in [6.45, 7) is 6.64. The van der Waals surface area contributed by atoms with Crippen molar-refractivity contribution in [1.29, 1.82) is 0 Å². The molecule has 3 aromatic rings. The van der Waals surface area contributed by atoms with Crippen LogP contribution >= 0.6 is 0 Å². The second-order valence-electron chi connectivity index (χ2n) is 6.99. The number of carbonyl (C=O) groups is 1. The molecule has 1 heterocycles. The fourth-order valence-corrected chi connectivity index (χ4v) is 3.35. The standard InChI is InChI=1S/C24H26FN3O2/c1-5-27(16-19-11-13-23(30-4)22(25)15-19)24(29)14-12-21-17(2)26-28(18(21)3)20-9-7-6-8-10-20/h6-15H,5,16H2,1-4H3/b14-12+. The van der Waals surface area contributed by atoms with Gasteiger partial charge in [0.05, 0.1) is 18.5 Å². The average Bonchev–Trinajstić information content (AvgIpc) is 3.04. The molecule has 0 spiro atoms. The molecule has 0 N–H and O–H groups in total. The Balaban J connectivity index is 1.77. The molecule has 0 aliphatic heterocycles.